The highest BCUT2D eigenvalue weighted by Gasteiger charge is 2.31. The smallest absolute Gasteiger partial charge is 0.318 e. The molecule has 9 heteroatoms. The largest absolute Gasteiger partial charge is 0.351 e. The molecule has 3 N–H and O–H groups in total. The lowest BCUT2D eigenvalue weighted by molar-refractivity contribution is -0.120. The van der Waals surface area contributed by atoms with Crippen LogP contribution in [-0.4, -0.2) is 62.3 Å². The number of rotatable bonds is 5. The van der Waals surface area contributed by atoms with E-state index in [0.717, 1.165) is 22.3 Å². The zero-order valence-electron chi connectivity index (χ0n) is 16.3. The van der Waals surface area contributed by atoms with Gasteiger partial charge in [0.05, 0.1) is 4.90 Å². The van der Waals surface area contributed by atoms with Gasteiger partial charge in [0.1, 0.15) is 0 Å². The number of amides is 3. The first kappa shape index (κ1) is 21.3. The Hall–Kier alpha value is -1.97. The van der Waals surface area contributed by atoms with E-state index in [0.29, 0.717) is 37.6 Å². The number of aryl methyl sites for hydroxylation is 2. The molecular weight excluding hydrogens is 368 g/mol. The summed E-state index contributed by atoms with van der Waals surface area (Å²) < 4.78 is 28.0. The molecular formula is C18H28N4O4S. The standard InChI is InChI=1S/C18H28N4O4S/c1-12-11-13(2)15(4)17(14(12)3)27(25,26)22-9-7-21(8-10-22)6-5-16(23)20-18(19)24/h11H,5-10H2,1-4H3,(H3,19,20,23,24). The number of carbonyl (C=O) groups is 2. The minimum Gasteiger partial charge on any atom is -0.351 e. The predicted octanol–water partition coefficient (Wildman–Crippen LogP) is 0.812. The molecule has 8 nitrogen and oxygen atoms in total. The first-order chi connectivity index (χ1) is 12.5. The van der Waals surface area contributed by atoms with Crippen molar-refractivity contribution < 1.29 is 18.0 Å². The van der Waals surface area contributed by atoms with Crippen molar-refractivity contribution >= 4 is 22.0 Å². The number of nitrogens with two attached hydrogens (primary N) is 1. The van der Waals surface area contributed by atoms with E-state index in [-0.39, 0.29) is 6.42 Å². The molecule has 1 aliphatic heterocycles. The lowest BCUT2D eigenvalue weighted by Gasteiger charge is -2.34. The Morgan fingerprint density at radius 3 is 2.04 bits per heavy atom. The minimum atomic E-state index is -3.57. The molecule has 1 aliphatic rings. The number of hydrogen-bond donors (Lipinski definition) is 2. The van der Waals surface area contributed by atoms with Crippen molar-refractivity contribution in [3.63, 3.8) is 0 Å². The maximum Gasteiger partial charge on any atom is 0.318 e. The first-order valence-corrected chi connectivity index (χ1v) is 10.4. The Morgan fingerprint density at radius 1 is 1.04 bits per heavy atom. The van der Waals surface area contributed by atoms with E-state index in [1.165, 1.54) is 4.31 Å². The van der Waals surface area contributed by atoms with Crippen LogP contribution in [0.2, 0.25) is 0 Å². The predicted molar refractivity (Wildman–Crippen MR) is 103 cm³/mol. The fraction of sp³-hybridized carbons (Fsp3) is 0.556. The minimum absolute atomic E-state index is 0.144. The van der Waals surface area contributed by atoms with Crippen LogP contribution in [0.5, 0.6) is 0 Å². The lowest BCUT2D eigenvalue weighted by Crippen LogP contribution is -2.49. The normalized spacial score (nSPS) is 16.3. The highest BCUT2D eigenvalue weighted by atomic mass is 32.2. The number of sulfonamides is 1. The maximum absolute atomic E-state index is 13.2. The molecule has 1 heterocycles. The monoisotopic (exact) mass is 396 g/mol. The summed E-state index contributed by atoms with van der Waals surface area (Å²) in [5, 5.41) is 2.03. The molecule has 1 saturated heterocycles. The number of imide groups is 1. The van der Waals surface area contributed by atoms with Crippen molar-refractivity contribution in [2.24, 2.45) is 5.73 Å². The van der Waals surface area contributed by atoms with Crippen LogP contribution in [-0.2, 0) is 14.8 Å². The van der Waals surface area contributed by atoms with Gasteiger partial charge in [-0.25, -0.2) is 13.2 Å². The Labute approximate surface area is 160 Å². The number of urea groups is 1. The summed E-state index contributed by atoms with van der Waals surface area (Å²) in [5.74, 6) is -0.431. The summed E-state index contributed by atoms with van der Waals surface area (Å²) in [5.41, 5.74) is 8.44. The van der Waals surface area contributed by atoms with Crippen molar-refractivity contribution in [2.45, 2.75) is 39.0 Å². The van der Waals surface area contributed by atoms with Crippen molar-refractivity contribution in [1.29, 1.82) is 0 Å². The number of primary amides is 1. The van der Waals surface area contributed by atoms with Gasteiger partial charge in [0, 0.05) is 39.1 Å². The molecule has 0 radical (unpaired) electrons. The van der Waals surface area contributed by atoms with E-state index in [2.05, 4.69) is 0 Å². The Balaban J connectivity index is 2.06. The number of nitrogens with zero attached hydrogens (tertiary/aromatic N) is 2. The van der Waals surface area contributed by atoms with Crippen LogP contribution in [0, 0.1) is 27.7 Å². The van der Waals surface area contributed by atoms with Crippen molar-refractivity contribution in [3.05, 3.63) is 28.3 Å². The van der Waals surface area contributed by atoms with Crippen LogP contribution in [0.3, 0.4) is 0 Å². The van der Waals surface area contributed by atoms with E-state index in [9.17, 15) is 18.0 Å². The third-order valence-electron chi connectivity index (χ3n) is 5.14. The average Bonchev–Trinajstić information content (AvgIpc) is 2.58. The highest BCUT2D eigenvalue weighted by molar-refractivity contribution is 7.89. The molecule has 0 saturated carbocycles. The molecule has 1 fully saturated rings. The molecule has 1 aromatic rings. The summed E-state index contributed by atoms with van der Waals surface area (Å²) in [6, 6.07) is 1.15. The second kappa shape index (κ2) is 8.37. The zero-order valence-corrected chi connectivity index (χ0v) is 17.1. The molecule has 27 heavy (non-hydrogen) atoms. The van der Waals surface area contributed by atoms with Gasteiger partial charge in [0.2, 0.25) is 15.9 Å². The third-order valence-corrected chi connectivity index (χ3v) is 7.32. The SMILES string of the molecule is Cc1cc(C)c(C)c(S(=O)(=O)N2CCN(CCC(=O)NC(N)=O)CC2)c1C. The van der Waals surface area contributed by atoms with Crippen LogP contribution in [0.25, 0.3) is 0 Å². The second-order valence-electron chi connectivity index (χ2n) is 7.00. The molecule has 0 aromatic heterocycles. The van der Waals surface area contributed by atoms with Gasteiger partial charge in [-0.3, -0.25) is 10.1 Å². The molecule has 150 valence electrons. The maximum atomic E-state index is 13.2. The molecule has 0 bridgehead atoms. The Bertz CT molecular complexity index is 817. The summed E-state index contributed by atoms with van der Waals surface area (Å²) in [6.07, 6.45) is 0.144. The van der Waals surface area contributed by atoms with Crippen molar-refractivity contribution in [3.8, 4) is 0 Å². The summed E-state index contributed by atoms with van der Waals surface area (Å²) >= 11 is 0. The molecule has 0 atom stereocenters. The molecule has 1 aromatic carbocycles. The molecule has 3 amide bonds. The van der Waals surface area contributed by atoms with Crippen molar-refractivity contribution in [1.82, 2.24) is 14.5 Å². The topological polar surface area (TPSA) is 113 Å². The van der Waals surface area contributed by atoms with Gasteiger partial charge in [-0.1, -0.05) is 6.07 Å². The fourth-order valence-electron chi connectivity index (χ4n) is 3.35. The van der Waals surface area contributed by atoms with Gasteiger partial charge in [-0.2, -0.15) is 4.31 Å². The van der Waals surface area contributed by atoms with Crippen LogP contribution in [0.4, 0.5) is 4.79 Å². The van der Waals surface area contributed by atoms with Crippen molar-refractivity contribution in [2.75, 3.05) is 32.7 Å². The van der Waals surface area contributed by atoms with Gasteiger partial charge < -0.3 is 10.6 Å². The third kappa shape index (κ3) is 4.85. The molecule has 2 rings (SSSR count). The number of nitrogens with one attached hydrogen (secondary N) is 1. The lowest BCUT2D eigenvalue weighted by atomic mass is 10.0. The number of hydrogen-bond acceptors (Lipinski definition) is 5. The summed E-state index contributed by atoms with van der Waals surface area (Å²) in [7, 11) is -3.57. The fourth-order valence-corrected chi connectivity index (χ4v) is 5.35. The van der Waals surface area contributed by atoms with Crippen LogP contribution in [0.15, 0.2) is 11.0 Å². The van der Waals surface area contributed by atoms with E-state index < -0.39 is 22.0 Å². The van der Waals surface area contributed by atoms with E-state index in [1.54, 1.807) is 0 Å². The molecule has 0 unspecified atom stereocenters. The summed E-state index contributed by atoms with van der Waals surface area (Å²) in [6.45, 7) is 9.81. The number of piperazine rings is 1. The van der Waals surface area contributed by atoms with E-state index >= 15 is 0 Å². The van der Waals surface area contributed by atoms with Crippen LogP contribution < -0.4 is 11.1 Å². The first-order valence-electron chi connectivity index (χ1n) is 8.93. The zero-order chi connectivity index (χ0) is 20.4. The quantitative estimate of drug-likeness (QED) is 0.765. The van der Waals surface area contributed by atoms with Gasteiger partial charge in [0.15, 0.2) is 0 Å². The Morgan fingerprint density at radius 2 is 1.56 bits per heavy atom. The number of benzene rings is 1. The Kier molecular flexibility index (Phi) is 6.61. The van der Waals surface area contributed by atoms with Crippen LogP contribution >= 0.6 is 0 Å². The van der Waals surface area contributed by atoms with Gasteiger partial charge in [0.25, 0.3) is 0 Å². The van der Waals surface area contributed by atoms with Crippen LogP contribution in [0.1, 0.15) is 28.7 Å². The summed E-state index contributed by atoms with van der Waals surface area (Å²) in [4.78, 5) is 24.6. The molecule has 0 aliphatic carbocycles. The second-order valence-corrected chi connectivity index (χ2v) is 8.87. The average molecular weight is 397 g/mol. The van der Waals surface area contributed by atoms with Gasteiger partial charge in [-0.05, 0) is 49.9 Å². The molecule has 0 spiro atoms. The van der Waals surface area contributed by atoms with E-state index in [4.69, 9.17) is 5.73 Å². The van der Waals surface area contributed by atoms with Gasteiger partial charge >= 0.3 is 6.03 Å². The van der Waals surface area contributed by atoms with Gasteiger partial charge in [-0.15, -0.1) is 0 Å². The highest BCUT2D eigenvalue weighted by Crippen LogP contribution is 2.29. The number of carbonyl (C=O) groups excluding carboxylic acids is 2. The van der Waals surface area contributed by atoms with E-state index in [1.807, 2.05) is 44.0 Å².